The van der Waals surface area contributed by atoms with Crippen molar-refractivity contribution in [3.05, 3.63) is 35.9 Å². The molecule has 3 rings (SSSR count). The van der Waals surface area contributed by atoms with Crippen LogP contribution in [0.25, 0.3) is 0 Å². The summed E-state index contributed by atoms with van der Waals surface area (Å²) < 4.78 is 15.9. The number of morpholine rings is 1. The highest BCUT2D eigenvalue weighted by molar-refractivity contribution is 6.07. The number of amides is 1. The molecule has 1 aliphatic heterocycles. The van der Waals surface area contributed by atoms with Gasteiger partial charge >= 0.3 is 0 Å². The Hall–Kier alpha value is -2.91. The first-order valence-electron chi connectivity index (χ1n) is 9.11. The highest BCUT2D eigenvalue weighted by atomic mass is 16.5. The number of nitrogens with one attached hydrogen (secondary N) is 2. The van der Waals surface area contributed by atoms with Crippen LogP contribution >= 0.6 is 0 Å². The van der Waals surface area contributed by atoms with E-state index in [2.05, 4.69) is 25.7 Å². The summed E-state index contributed by atoms with van der Waals surface area (Å²) >= 11 is 0. The fraction of sp³-hybridized carbons (Fsp3) is 0.421. The summed E-state index contributed by atoms with van der Waals surface area (Å²) in [5, 5.41) is 14.1. The topological polar surface area (TPSA) is 97.8 Å². The minimum Gasteiger partial charge on any atom is -0.496 e. The second kappa shape index (κ2) is 9.86. The van der Waals surface area contributed by atoms with Crippen molar-refractivity contribution in [3.8, 4) is 11.5 Å². The first kappa shape index (κ1) is 19.8. The summed E-state index contributed by atoms with van der Waals surface area (Å²) in [5.41, 5.74) is 0.307. The number of hydrogen-bond donors (Lipinski definition) is 2. The largest absolute Gasteiger partial charge is 0.496 e. The molecular weight excluding hydrogens is 362 g/mol. The molecule has 150 valence electrons. The smallest absolute Gasteiger partial charge is 0.264 e. The van der Waals surface area contributed by atoms with Crippen molar-refractivity contribution >= 4 is 17.5 Å². The van der Waals surface area contributed by atoms with Crippen LogP contribution in [0.2, 0.25) is 0 Å². The zero-order valence-electron chi connectivity index (χ0n) is 16.1. The number of methoxy groups -OCH3 is 2. The van der Waals surface area contributed by atoms with Crippen molar-refractivity contribution in [3.63, 3.8) is 0 Å². The maximum Gasteiger partial charge on any atom is 0.264 e. The second-order valence-corrected chi connectivity index (χ2v) is 6.18. The van der Waals surface area contributed by atoms with Gasteiger partial charge in [0.1, 0.15) is 22.9 Å². The van der Waals surface area contributed by atoms with Crippen LogP contribution in [-0.4, -0.2) is 74.6 Å². The van der Waals surface area contributed by atoms with Crippen LogP contribution in [0.5, 0.6) is 11.5 Å². The molecule has 0 radical (unpaired) electrons. The molecule has 1 saturated heterocycles. The summed E-state index contributed by atoms with van der Waals surface area (Å²) in [6, 6.07) is 8.63. The molecule has 2 aromatic rings. The predicted molar refractivity (Wildman–Crippen MR) is 105 cm³/mol. The van der Waals surface area contributed by atoms with Gasteiger partial charge in [-0.2, -0.15) is 0 Å². The lowest BCUT2D eigenvalue weighted by molar-refractivity contribution is 0.0398. The summed E-state index contributed by atoms with van der Waals surface area (Å²) in [6.45, 7) is 5.14. The van der Waals surface area contributed by atoms with Crippen molar-refractivity contribution in [1.82, 2.24) is 15.1 Å². The van der Waals surface area contributed by atoms with E-state index in [4.69, 9.17) is 14.2 Å². The lowest BCUT2D eigenvalue weighted by Gasteiger charge is -2.26. The second-order valence-electron chi connectivity index (χ2n) is 6.18. The molecule has 0 spiro atoms. The molecule has 0 atom stereocenters. The molecule has 1 amide bonds. The van der Waals surface area contributed by atoms with Crippen LogP contribution in [0.4, 0.5) is 11.6 Å². The van der Waals surface area contributed by atoms with Gasteiger partial charge in [0.2, 0.25) is 0 Å². The van der Waals surface area contributed by atoms with Gasteiger partial charge in [-0.1, -0.05) is 6.07 Å². The molecule has 0 unspecified atom stereocenters. The molecule has 1 aromatic heterocycles. The van der Waals surface area contributed by atoms with E-state index in [0.717, 1.165) is 39.4 Å². The minimum absolute atomic E-state index is 0.307. The monoisotopic (exact) mass is 387 g/mol. The lowest BCUT2D eigenvalue weighted by atomic mass is 10.1. The van der Waals surface area contributed by atoms with Gasteiger partial charge in [-0.25, -0.2) is 0 Å². The van der Waals surface area contributed by atoms with Gasteiger partial charge < -0.3 is 24.8 Å². The van der Waals surface area contributed by atoms with E-state index in [1.807, 2.05) is 0 Å². The molecule has 2 N–H and O–H groups in total. The highest BCUT2D eigenvalue weighted by Gasteiger charge is 2.18. The summed E-state index contributed by atoms with van der Waals surface area (Å²) in [4.78, 5) is 15.0. The number of aromatic nitrogens is 2. The van der Waals surface area contributed by atoms with Crippen LogP contribution in [0, 0.1) is 0 Å². The van der Waals surface area contributed by atoms with E-state index in [1.165, 1.54) is 14.2 Å². The van der Waals surface area contributed by atoms with Gasteiger partial charge in [0.25, 0.3) is 5.91 Å². The summed E-state index contributed by atoms with van der Waals surface area (Å²) in [5.74, 6) is 1.46. The van der Waals surface area contributed by atoms with Gasteiger partial charge in [-0.3, -0.25) is 9.69 Å². The Morgan fingerprint density at radius 1 is 1.07 bits per heavy atom. The van der Waals surface area contributed by atoms with Crippen molar-refractivity contribution in [1.29, 1.82) is 0 Å². The van der Waals surface area contributed by atoms with E-state index < -0.39 is 0 Å². The van der Waals surface area contributed by atoms with Crippen molar-refractivity contribution in [2.24, 2.45) is 0 Å². The van der Waals surface area contributed by atoms with Crippen molar-refractivity contribution in [2.75, 3.05) is 64.2 Å². The highest BCUT2D eigenvalue weighted by Crippen LogP contribution is 2.28. The molecule has 9 heteroatoms. The molecule has 1 aliphatic rings. The Kier molecular flexibility index (Phi) is 6.99. The Labute approximate surface area is 164 Å². The molecule has 1 aromatic carbocycles. The van der Waals surface area contributed by atoms with Crippen LogP contribution in [-0.2, 0) is 4.74 Å². The standard InChI is InChI=1S/C19H25N5O4/c1-26-14-4-3-5-15(27-2)18(14)19(25)21-17-7-6-16(22-23-17)20-8-9-24-10-12-28-13-11-24/h3-7H,8-13H2,1-2H3,(H,20,22)(H,21,23,25). The Bertz CT molecular complexity index is 756. The molecule has 9 nitrogen and oxygen atoms in total. The third-order valence-corrected chi connectivity index (χ3v) is 4.40. The predicted octanol–water partition coefficient (Wildman–Crippen LogP) is 1.49. The van der Waals surface area contributed by atoms with E-state index in [0.29, 0.717) is 28.7 Å². The fourth-order valence-electron chi connectivity index (χ4n) is 2.91. The van der Waals surface area contributed by atoms with E-state index in [-0.39, 0.29) is 5.91 Å². The average molecular weight is 387 g/mol. The van der Waals surface area contributed by atoms with E-state index in [1.54, 1.807) is 30.3 Å². The number of carbonyl (C=O) groups is 1. The van der Waals surface area contributed by atoms with E-state index in [9.17, 15) is 4.79 Å². The van der Waals surface area contributed by atoms with Crippen LogP contribution in [0.3, 0.4) is 0 Å². The zero-order chi connectivity index (χ0) is 19.8. The SMILES string of the molecule is COc1cccc(OC)c1C(=O)Nc1ccc(NCCN2CCOCC2)nn1. The summed E-state index contributed by atoms with van der Waals surface area (Å²) in [6.07, 6.45) is 0. The van der Waals surface area contributed by atoms with Crippen molar-refractivity contribution < 1.29 is 19.0 Å². The lowest BCUT2D eigenvalue weighted by Crippen LogP contribution is -2.39. The average Bonchev–Trinajstić information content (AvgIpc) is 2.75. The van der Waals surface area contributed by atoms with Crippen molar-refractivity contribution in [2.45, 2.75) is 0 Å². The van der Waals surface area contributed by atoms with E-state index >= 15 is 0 Å². The first-order valence-corrected chi connectivity index (χ1v) is 9.11. The number of benzene rings is 1. The molecule has 0 bridgehead atoms. The van der Waals surface area contributed by atoms with Gasteiger partial charge in [-0.15, -0.1) is 10.2 Å². The van der Waals surface area contributed by atoms with Gasteiger partial charge in [0.05, 0.1) is 27.4 Å². The number of anilines is 2. The quantitative estimate of drug-likeness (QED) is 0.703. The summed E-state index contributed by atoms with van der Waals surface area (Å²) in [7, 11) is 3.01. The Morgan fingerprint density at radius 2 is 1.71 bits per heavy atom. The molecular formula is C19H25N5O4. The van der Waals surface area contributed by atoms with Gasteiger partial charge in [-0.05, 0) is 24.3 Å². The zero-order valence-corrected chi connectivity index (χ0v) is 16.1. The van der Waals surface area contributed by atoms with Crippen LogP contribution in [0.15, 0.2) is 30.3 Å². The molecule has 1 fully saturated rings. The Balaban J connectivity index is 1.56. The molecule has 0 saturated carbocycles. The third kappa shape index (κ3) is 5.08. The third-order valence-electron chi connectivity index (χ3n) is 4.40. The first-order chi connectivity index (χ1) is 13.7. The number of rotatable bonds is 8. The fourth-order valence-corrected chi connectivity index (χ4v) is 2.91. The Morgan fingerprint density at radius 3 is 2.32 bits per heavy atom. The number of carbonyl (C=O) groups excluding carboxylic acids is 1. The molecule has 0 aliphatic carbocycles. The number of nitrogens with zero attached hydrogens (tertiary/aromatic N) is 3. The molecule has 28 heavy (non-hydrogen) atoms. The van der Waals surface area contributed by atoms with Crippen LogP contribution < -0.4 is 20.1 Å². The van der Waals surface area contributed by atoms with Gasteiger partial charge in [0.15, 0.2) is 5.82 Å². The maximum absolute atomic E-state index is 12.6. The molecule has 2 heterocycles. The number of hydrogen-bond acceptors (Lipinski definition) is 8. The minimum atomic E-state index is -0.378. The normalized spacial score (nSPS) is 14.4. The number of ether oxygens (including phenoxy) is 3. The van der Waals surface area contributed by atoms with Crippen LogP contribution in [0.1, 0.15) is 10.4 Å². The van der Waals surface area contributed by atoms with Gasteiger partial charge in [0, 0.05) is 26.2 Å². The maximum atomic E-state index is 12.6.